The quantitative estimate of drug-likeness (QED) is 0.620. The summed E-state index contributed by atoms with van der Waals surface area (Å²) in [5.74, 6) is 1.79. The number of aliphatic hydroxyl groups excluding tert-OH is 1. The third-order valence-electron chi connectivity index (χ3n) is 2.78. The van der Waals surface area contributed by atoms with Crippen LogP contribution in [0.2, 0.25) is 0 Å². The number of nitrogens with one attached hydrogen (secondary N) is 1. The van der Waals surface area contributed by atoms with Crippen molar-refractivity contribution in [3.8, 4) is 0 Å². The average molecular weight is 186 g/mol. The molecule has 3 unspecified atom stereocenters. The Kier molecular flexibility index (Phi) is 4.16. The summed E-state index contributed by atoms with van der Waals surface area (Å²) in [4.78, 5) is 2.23. The van der Waals surface area contributed by atoms with Crippen molar-refractivity contribution in [3.63, 3.8) is 0 Å². The maximum Gasteiger partial charge on any atom is 0.0791 e. The van der Waals surface area contributed by atoms with E-state index in [1.54, 1.807) is 0 Å². The monoisotopic (exact) mass is 186 g/mol. The van der Waals surface area contributed by atoms with E-state index in [1.165, 1.54) is 6.42 Å². The van der Waals surface area contributed by atoms with Gasteiger partial charge in [-0.2, -0.15) is 0 Å². The van der Waals surface area contributed by atoms with E-state index in [9.17, 15) is 5.11 Å². The first kappa shape index (κ1) is 11.0. The number of hydrogen-bond acceptors (Lipinski definition) is 3. The first-order chi connectivity index (χ1) is 6.13. The van der Waals surface area contributed by atoms with Crippen LogP contribution in [0.4, 0.5) is 0 Å². The van der Waals surface area contributed by atoms with Gasteiger partial charge in [-0.25, -0.2) is 0 Å². The molecule has 78 valence electrons. The summed E-state index contributed by atoms with van der Waals surface area (Å²) >= 11 is 0. The van der Waals surface area contributed by atoms with Gasteiger partial charge in [0.05, 0.1) is 6.10 Å². The molecular formula is C10H22N2O. The normalized spacial score (nSPS) is 29.3. The van der Waals surface area contributed by atoms with Crippen LogP contribution in [0.3, 0.4) is 0 Å². The lowest BCUT2D eigenvalue weighted by molar-refractivity contribution is 0.123. The Bertz CT molecular complexity index is 152. The molecule has 0 aliphatic heterocycles. The fraction of sp³-hybridized carbons (Fsp3) is 1.00. The second-order valence-electron chi connectivity index (χ2n) is 4.41. The molecule has 0 saturated heterocycles. The van der Waals surface area contributed by atoms with E-state index in [0.717, 1.165) is 24.9 Å². The second-order valence-corrected chi connectivity index (χ2v) is 4.41. The van der Waals surface area contributed by atoms with Gasteiger partial charge in [-0.15, -0.1) is 0 Å². The third-order valence-corrected chi connectivity index (χ3v) is 2.78. The number of nitrogens with zero attached hydrogens (tertiary/aromatic N) is 1. The molecule has 1 aliphatic rings. The summed E-state index contributed by atoms with van der Waals surface area (Å²) in [6, 6.07) is 0. The molecule has 0 aromatic rings. The minimum atomic E-state index is -0.232. The van der Waals surface area contributed by atoms with Crippen molar-refractivity contribution < 1.29 is 5.11 Å². The molecule has 2 N–H and O–H groups in total. The molecule has 0 amide bonds. The van der Waals surface area contributed by atoms with Crippen molar-refractivity contribution in [1.82, 2.24) is 10.2 Å². The van der Waals surface area contributed by atoms with Gasteiger partial charge >= 0.3 is 0 Å². The standard InChI is InChI=1S/C10H22N2O/c1-8-4-9(8)6-12(3)7-10(13)5-11-2/h8-11,13H,4-7H2,1-3H3. The lowest BCUT2D eigenvalue weighted by Gasteiger charge is -2.20. The van der Waals surface area contributed by atoms with Crippen molar-refractivity contribution in [2.45, 2.75) is 19.4 Å². The van der Waals surface area contributed by atoms with Crippen LogP contribution in [0.1, 0.15) is 13.3 Å². The number of hydrogen-bond donors (Lipinski definition) is 2. The summed E-state index contributed by atoms with van der Waals surface area (Å²) in [5, 5.41) is 12.5. The van der Waals surface area contributed by atoms with Gasteiger partial charge in [-0.1, -0.05) is 6.92 Å². The molecule has 1 fully saturated rings. The van der Waals surface area contributed by atoms with E-state index in [4.69, 9.17) is 0 Å². The molecule has 3 heteroatoms. The van der Waals surface area contributed by atoms with Crippen LogP contribution >= 0.6 is 0 Å². The Morgan fingerprint density at radius 1 is 1.62 bits per heavy atom. The van der Waals surface area contributed by atoms with Gasteiger partial charge < -0.3 is 15.3 Å². The zero-order chi connectivity index (χ0) is 9.84. The van der Waals surface area contributed by atoms with Crippen molar-refractivity contribution in [3.05, 3.63) is 0 Å². The van der Waals surface area contributed by atoms with Crippen molar-refractivity contribution in [1.29, 1.82) is 0 Å². The molecule has 3 nitrogen and oxygen atoms in total. The van der Waals surface area contributed by atoms with E-state index in [-0.39, 0.29) is 6.10 Å². The SMILES string of the molecule is CNCC(O)CN(C)CC1CC1C. The Morgan fingerprint density at radius 3 is 2.69 bits per heavy atom. The molecular weight excluding hydrogens is 164 g/mol. The Balaban J connectivity index is 2.06. The van der Waals surface area contributed by atoms with E-state index in [1.807, 2.05) is 7.05 Å². The van der Waals surface area contributed by atoms with Gasteiger partial charge in [0.15, 0.2) is 0 Å². The smallest absolute Gasteiger partial charge is 0.0791 e. The Morgan fingerprint density at radius 2 is 2.23 bits per heavy atom. The van der Waals surface area contributed by atoms with E-state index in [0.29, 0.717) is 6.54 Å². The fourth-order valence-corrected chi connectivity index (χ4v) is 1.79. The molecule has 1 saturated carbocycles. The highest BCUT2D eigenvalue weighted by Gasteiger charge is 2.33. The number of likely N-dealkylation sites (N-methyl/N-ethyl adjacent to an activating group) is 2. The van der Waals surface area contributed by atoms with Crippen LogP contribution in [0, 0.1) is 11.8 Å². The largest absolute Gasteiger partial charge is 0.390 e. The Labute approximate surface area is 81.1 Å². The number of rotatable bonds is 6. The van der Waals surface area contributed by atoms with Crippen LogP contribution in [-0.4, -0.2) is 49.8 Å². The maximum atomic E-state index is 9.51. The first-order valence-corrected chi connectivity index (χ1v) is 5.14. The first-order valence-electron chi connectivity index (χ1n) is 5.14. The highest BCUT2D eigenvalue weighted by Crippen LogP contribution is 2.37. The average Bonchev–Trinajstić information content (AvgIpc) is 2.65. The van der Waals surface area contributed by atoms with Gasteiger partial charge in [-0.05, 0) is 32.4 Å². The molecule has 13 heavy (non-hydrogen) atoms. The van der Waals surface area contributed by atoms with Crippen LogP contribution in [0.15, 0.2) is 0 Å². The van der Waals surface area contributed by atoms with Crippen LogP contribution < -0.4 is 5.32 Å². The minimum absolute atomic E-state index is 0.232. The highest BCUT2D eigenvalue weighted by atomic mass is 16.3. The van der Waals surface area contributed by atoms with Gasteiger partial charge in [0.1, 0.15) is 0 Å². The third kappa shape index (κ3) is 4.07. The van der Waals surface area contributed by atoms with Crippen molar-refractivity contribution in [2.75, 3.05) is 33.7 Å². The molecule has 1 rings (SSSR count). The molecule has 0 radical (unpaired) electrons. The molecule has 0 aromatic heterocycles. The summed E-state index contributed by atoms with van der Waals surface area (Å²) in [5.41, 5.74) is 0. The fourth-order valence-electron chi connectivity index (χ4n) is 1.79. The topological polar surface area (TPSA) is 35.5 Å². The zero-order valence-electron chi connectivity index (χ0n) is 8.95. The lowest BCUT2D eigenvalue weighted by atomic mass is 10.3. The van der Waals surface area contributed by atoms with Gasteiger partial charge in [0.25, 0.3) is 0 Å². The molecule has 0 spiro atoms. The van der Waals surface area contributed by atoms with E-state index in [2.05, 4.69) is 24.2 Å². The molecule has 1 aliphatic carbocycles. The summed E-state index contributed by atoms with van der Waals surface area (Å²) in [6.07, 6.45) is 1.14. The number of aliphatic hydroxyl groups is 1. The lowest BCUT2D eigenvalue weighted by Crippen LogP contribution is -2.36. The second kappa shape index (κ2) is 4.94. The summed E-state index contributed by atoms with van der Waals surface area (Å²) < 4.78 is 0. The summed E-state index contributed by atoms with van der Waals surface area (Å²) in [6.45, 7) is 4.90. The Hall–Kier alpha value is -0.120. The van der Waals surface area contributed by atoms with Crippen molar-refractivity contribution >= 4 is 0 Å². The predicted octanol–water partition coefficient (Wildman–Crippen LogP) is 0.154. The maximum absolute atomic E-state index is 9.51. The molecule has 3 atom stereocenters. The van der Waals surface area contributed by atoms with E-state index >= 15 is 0 Å². The van der Waals surface area contributed by atoms with Gasteiger partial charge in [-0.3, -0.25) is 0 Å². The van der Waals surface area contributed by atoms with Crippen LogP contribution in [0.25, 0.3) is 0 Å². The van der Waals surface area contributed by atoms with Crippen LogP contribution in [-0.2, 0) is 0 Å². The molecule has 0 bridgehead atoms. The van der Waals surface area contributed by atoms with Crippen molar-refractivity contribution in [2.24, 2.45) is 11.8 Å². The van der Waals surface area contributed by atoms with Crippen LogP contribution in [0.5, 0.6) is 0 Å². The minimum Gasteiger partial charge on any atom is -0.390 e. The van der Waals surface area contributed by atoms with Gasteiger partial charge in [0, 0.05) is 19.6 Å². The molecule has 0 aromatic carbocycles. The highest BCUT2D eigenvalue weighted by molar-refractivity contribution is 4.84. The van der Waals surface area contributed by atoms with Gasteiger partial charge in [0.2, 0.25) is 0 Å². The zero-order valence-corrected chi connectivity index (χ0v) is 8.95. The molecule has 0 heterocycles. The van der Waals surface area contributed by atoms with E-state index < -0.39 is 0 Å². The predicted molar refractivity (Wildman–Crippen MR) is 54.7 cm³/mol. The summed E-state index contributed by atoms with van der Waals surface area (Å²) in [7, 11) is 3.95.